The molecule has 1 rings (SSSR count). The predicted molar refractivity (Wildman–Crippen MR) is 86.6 cm³/mol. The molecular weight excluding hydrogens is 336 g/mol. The topological polar surface area (TPSA) is 78.4 Å². The Labute approximate surface area is 133 Å². The van der Waals surface area contributed by atoms with Crippen LogP contribution in [-0.4, -0.2) is 23.7 Å². The highest BCUT2D eigenvalue weighted by Crippen LogP contribution is 2.20. The molecule has 3 N–H and O–H groups in total. The smallest absolute Gasteiger partial charge is 0.319 e. The number of rotatable bonds is 7. The maximum atomic E-state index is 11.8. The van der Waals surface area contributed by atoms with Crippen LogP contribution in [0.3, 0.4) is 0 Å². The van der Waals surface area contributed by atoms with Crippen molar-refractivity contribution < 1.29 is 14.7 Å². The Bertz CT molecular complexity index is 506. The number of carbonyl (C=O) groups is 2. The average Bonchev–Trinajstić information content (AvgIpc) is 2.40. The molecule has 0 saturated heterocycles. The number of benzene rings is 1. The standard InChI is InChI=1S/C15H21BrN2O3/c1-10(3-6-14(19)20)7-8-17-15(21)18-13-9-12(16)5-4-11(13)2/h4-5,9-10H,3,6-8H2,1-2H3,(H,19,20)(H2,17,18,21). The molecule has 0 heterocycles. The van der Waals surface area contributed by atoms with Gasteiger partial charge in [-0.15, -0.1) is 0 Å². The van der Waals surface area contributed by atoms with E-state index in [4.69, 9.17) is 5.11 Å². The maximum Gasteiger partial charge on any atom is 0.319 e. The SMILES string of the molecule is Cc1ccc(Br)cc1NC(=O)NCCC(C)CCC(=O)O. The van der Waals surface area contributed by atoms with Gasteiger partial charge in [-0.2, -0.15) is 0 Å². The third kappa shape index (κ3) is 7.13. The van der Waals surface area contributed by atoms with Crippen LogP contribution in [0, 0.1) is 12.8 Å². The summed E-state index contributed by atoms with van der Waals surface area (Å²) in [7, 11) is 0. The van der Waals surface area contributed by atoms with Crippen molar-refractivity contribution in [3.05, 3.63) is 28.2 Å². The van der Waals surface area contributed by atoms with Crippen LogP contribution in [0.4, 0.5) is 10.5 Å². The molecule has 0 aromatic heterocycles. The van der Waals surface area contributed by atoms with Gasteiger partial charge >= 0.3 is 12.0 Å². The van der Waals surface area contributed by atoms with E-state index in [0.29, 0.717) is 13.0 Å². The first-order valence-electron chi connectivity index (χ1n) is 6.91. The van der Waals surface area contributed by atoms with Crippen molar-refractivity contribution in [2.75, 3.05) is 11.9 Å². The first-order chi connectivity index (χ1) is 9.88. The van der Waals surface area contributed by atoms with Crippen LogP contribution in [0.2, 0.25) is 0 Å². The van der Waals surface area contributed by atoms with Crippen molar-refractivity contribution >= 4 is 33.6 Å². The lowest BCUT2D eigenvalue weighted by Crippen LogP contribution is -2.30. The highest BCUT2D eigenvalue weighted by molar-refractivity contribution is 9.10. The normalized spacial score (nSPS) is 11.8. The Balaban J connectivity index is 2.31. The highest BCUT2D eigenvalue weighted by Gasteiger charge is 2.08. The van der Waals surface area contributed by atoms with Crippen LogP contribution in [0.15, 0.2) is 22.7 Å². The fraction of sp³-hybridized carbons (Fsp3) is 0.467. The van der Waals surface area contributed by atoms with Crippen LogP contribution in [0.1, 0.15) is 31.7 Å². The molecule has 1 unspecified atom stereocenters. The lowest BCUT2D eigenvalue weighted by atomic mass is 10.0. The Morgan fingerprint density at radius 3 is 2.71 bits per heavy atom. The molecule has 0 aliphatic heterocycles. The summed E-state index contributed by atoms with van der Waals surface area (Å²) in [5.41, 5.74) is 1.75. The summed E-state index contributed by atoms with van der Waals surface area (Å²) in [6.07, 6.45) is 1.56. The van der Waals surface area contributed by atoms with Gasteiger partial charge in [-0.25, -0.2) is 4.79 Å². The average molecular weight is 357 g/mol. The van der Waals surface area contributed by atoms with Crippen molar-refractivity contribution in [2.45, 2.75) is 33.1 Å². The molecular formula is C15H21BrN2O3. The number of carboxylic acid groups (broad SMARTS) is 1. The second-order valence-electron chi connectivity index (χ2n) is 5.17. The quantitative estimate of drug-likeness (QED) is 0.695. The minimum absolute atomic E-state index is 0.171. The van der Waals surface area contributed by atoms with E-state index in [9.17, 15) is 9.59 Å². The van der Waals surface area contributed by atoms with Gasteiger partial charge < -0.3 is 15.7 Å². The molecule has 116 valence electrons. The van der Waals surface area contributed by atoms with Crippen molar-refractivity contribution in [2.24, 2.45) is 5.92 Å². The number of hydrogen-bond donors (Lipinski definition) is 3. The Hall–Kier alpha value is -1.56. The summed E-state index contributed by atoms with van der Waals surface area (Å²) in [5, 5.41) is 14.2. The number of carbonyl (C=O) groups excluding carboxylic acids is 1. The number of nitrogens with one attached hydrogen (secondary N) is 2. The first-order valence-corrected chi connectivity index (χ1v) is 7.70. The van der Waals surface area contributed by atoms with Gasteiger partial charge in [0.25, 0.3) is 0 Å². The summed E-state index contributed by atoms with van der Waals surface area (Å²) in [4.78, 5) is 22.3. The molecule has 0 spiro atoms. The van der Waals surface area contributed by atoms with E-state index in [1.54, 1.807) is 0 Å². The van der Waals surface area contributed by atoms with Gasteiger partial charge in [0.15, 0.2) is 0 Å². The second kappa shape index (κ2) is 8.67. The number of urea groups is 1. The summed E-state index contributed by atoms with van der Waals surface area (Å²) < 4.78 is 0.908. The zero-order chi connectivity index (χ0) is 15.8. The zero-order valence-electron chi connectivity index (χ0n) is 12.3. The lowest BCUT2D eigenvalue weighted by Gasteiger charge is -2.12. The number of aliphatic carboxylic acids is 1. The van der Waals surface area contributed by atoms with Gasteiger partial charge in [0, 0.05) is 23.1 Å². The van der Waals surface area contributed by atoms with E-state index in [1.165, 1.54) is 0 Å². The molecule has 0 fully saturated rings. The van der Waals surface area contributed by atoms with Gasteiger partial charge in [0.05, 0.1) is 0 Å². The highest BCUT2D eigenvalue weighted by atomic mass is 79.9. The second-order valence-corrected chi connectivity index (χ2v) is 6.08. The van der Waals surface area contributed by atoms with Gasteiger partial charge in [-0.3, -0.25) is 4.79 Å². The fourth-order valence-corrected chi connectivity index (χ4v) is 2.20. The molecule has 5 nitrogen and oxygen atoms in total. The van der Waals surface area contributed by atoms with Gasteiger partial charge in [-0.05, 0) is 43.4 Å². The monoisotopic (exact) mass is 356 g/mol. The summed E-state index contributed by atoms with van der Waals surface area (Å²) >= 11 is 3.37. The summed E-state index contributed by atoms with van der Waals surface area (Å²) in [6, 6.07) is 5.45. The predicted octanol–water partition coefficient (Wildman–Crippen LogP) is 3.77. The minimum atomic E-state index is -0.780. The molecule has 0 bridgehead atoms. The largest absolute Gasteiger partial charge is 0.481 e. The van der Waals surface area contributed by atoms with Gasteiger partial charge in [-0.1, -0.05) is 28.9 Å². The molecule has 0 saturated carbocycles. The van der Waals surface area contributed by atoms with Crippen LogP contribution in [-0.2, 0) is 4.79 Å². The first kappa shape index (κ1) is 17.5. The lowest BCUT2D eigenvalue weighted by molar-refractivity contribution is -0.137. The summed E-state index contributed by atoms with van der Waals surface area (Å²) in [6.45, 7) is 4.44. The van der Waals surface area contributed by atoms with Crippen LogP contribution in [0.5, 0.6) is 0 Å². The number of aryl methyl sites for hydroxylation is 1. The van der Waals surface area contributed by atoms with Crippen molar-refractivity contribution in [3.8, 4) is 0 Å². The maximum absolute atomic E-state index is 11.8. The van der Waals surface area contributed by atoms with E-state index in [1.807, 2.05) is 32.0 Å². The zero-order valence-corrected chi connectivity index (χ0v) is 13.9. The Morgan fingerprint density at radius 1 is 1.33 bits per heavy atom. The number of halogens is 1. The molecule has 1 aromatic carbocycles. The van der Waals surface area contributed by atoms with Crippen molar-refractivity contribution in [3.63, 3.8) is 0 Å². The van der Waals surface area contributed by atoms with Crippen molar-refractivity contribution in [1.29, 1.82) is 0 Å². The molecule has 21 heavy (non-hydrogen) atoms. The minimum Gasteiger partial charge on any atom is -0.481 e. The number of anilines is 1. The molecule has 0 aliphatic carbocycles. The fourth-order valence-electron chi connectivity index (χ4n) is 1.84. The van der Waals surface area contributed by atoms with Crippen LogP contribution in [0.25, 0.3) is 0 Å². The summed E-state index contributed by atoms with van der Waals surface area (Å²) in [5.74, 6) is -0.508. The molecule has 6 heteroatoms. The van der Waals surface area contributed by atoms with E-state index in [2.05, 4.69) is 26.6 Å². The number of amides is 2. The Morgan fingerprint density at radius 2 is 2.05 bits per heavy atom. The van der Waals surface area contributed by atoms with E-state index in [-0.39, 0.29) is 18.4 Å². The van der Waals surface area contributed by atoms with Crippen LogP contribution >= 0.6 is 15.9 Å². The van der Waals surface area contributed by atoms with E-state index < -0.39 is 5.97 Å². The van der Waals surface area contributed by atoms with Gasteiger partial charge in [0.2, 0.25) is 0 Å². The Kier molecular flexibility index (Phi) is 7.22. The molecule has 2 amide bonds. The van der Waals surface area contributed by atoms with Gasteiger partial charge in [0.1, 0.15) is 0 Å². The van der Waals surface area contributed by atoms with Crippen LogP contribution < -0.4 is 10.6 Å². The molecule has 1 aromatic rings. The molecule has 0 aliphatic rings. The van der Waals surface area contributed by atoms with E-state index >= 15 is 0 Å². The molecule has 1 atom stereocenters. The molecule has 0 radical (unpaired) electrons. The number of hydrogen-bond acceptors (Lipinski definition) is 2. The number of carboxylic acids is 1. The van der Waals surface area contributed by atoms with Crippen molar-refractivity contribution in [1.82, 2.24) is 5.32 Å². The van der Waals surface area contributed by atoms with E-state index in [0.717, 1.165) is 22.1 Å². The third-order valence-corrected chi connectivity index (χ3v) is 3.71. The third-order valence-electron chi connectivity index (χ3n) is 3.22.